The number of hydrogen-bond acceptors (Lipinski definition) is 9. The molecule has 11 heteroatoms. The third kappa shape index (κ3) is 5.28. The SMILES string of the molecule is N#Cc1nc(C(=O)N2CCN(Cc3ccc(-n4c(-c5cccnc5N)nc5ccc(-c6ccccc6)nc54)cc3)CC2)cs1. The second-order valence-electron chi connectivity index (χ2n) is 10.5. The summed E-state index contributed by atoms with van der Waals surface area (Å²) < 4.78 is 2.04. The van der Waals surface area contributed by atoms with Crippen LogP contribution in [0.2, 0.25) is 0 Å². The van der Waals surface area contributed by atoms with E-state index >= 15 is 0 Å². The van der Waals surface area contributed by atoms with Gasteiger partial charge in [-0.3, -0.25) is 14.3 Å². The highest BCUT2D eigenvalue weighted by Gasteiger charge is 2.24. The number of hydrogen-bond donors (Lipinski definition) is 1. The van der Waals surface area contributed by atoms with Gasteiger partial charge in [0.2, 0.25) is 0 Å². The molecule has 0 spiro atoms. The number of fused-ring (bicyclic) bond motifs is 1. The maximum Gasteiger partial charge on any atom is 0.273 e. The van der Waals surface area contributed by atoms with Gasteiger partial charge in [-0.05, 0) is 42.0 Å². The Hall–Kier alpha value is -5.44. The van der Waals surface area contributed by atoms with E-state index in [-0.39, 0.29) is 5.91 Å². The number of nitrogens with two attached hydrogens (primary N) is 1. The van der Waals surface area contributed by atoms with Crippen LogP contribution in [-0.2, 0) is 6.54 Å². The lowest BCUT2D eigenvalue weighted by molar-refractivity contribution is 0.0623. The van der Waals surface area contributed by atoms with Gasteiger partial charge < -0.3 is 10.6 Å². The van der Waals surface area contributed by atoms with E-state index in [0.29, 0.717) is 35.4 Å². The number of nitrogens with zero attached hydrogens (tertiary/aromatic N) is 8. The highest BCUT2D eigenvalue weighted by atomic mass is 32.1. The molecule has 7 rings (SSSR count). The minimum Gasteiger partial charge on any atom is -0.383 e. The van der Waals surface area contributed by atoms with E-state index in [1.165, 1.54) is 11.3 Å². The Labute approximate surface area is 257 Å². The van der Waals surface area contributed by atoms with Crippen molar-refractivity contribution in [2.75, 3.05) is 31.9 Å². The van der Waals surface area contributed by atoms with Crippen LogP contribution in [0.5, 0.6) is 0 Å². The van der Waals surface area contributed by atoms with E-state index in [1.807, 2.05) is 70.1 Å². The second-order valence-corrected chi connectivity index (χ2v) is 11.4. The Kier molecular flexibility index (Phi) is 7.27. The summed E-state index contributed by atoms with van der Waals surface area (Å²) in [6.07, 6.45) is 1.67. The summed E-state index contributed by atoms with van der Waals surface area (Å²) >= 11 is 1.20. The van der Waals surface area contributed by atoms with Crippen LogP contribution in [0, 0.1) is 11.3 Å². The first-order chi connectivity index (χ1) is 21.6. The number of amides is 1. The third-order valence-electron chi connectivity index (χ3n) is 7.73. The molecule has 0 saturated carbocycles. The van der Waals surface area contributed by atoms with Gasteiger partial charge in [0.25, 0.3) is 5.91 Å². The Bertz CT molecular complexity index is 2000. The number of imidazole rings is 1. The smallest absolute Gasteiger partial charge is 0.273 e. The number of thiazole rings is 1. The van der Waals surface area contributed by atoms with Gasteiger partial charge in [-0.25, -0.2) is 19.9 Å². The number of carbonyl (C=O) groups excluding carboxylic acids is 1. The molecule has 0 aliphatic carbocycles. The van der Waals surface area contributed by atoms with Crippen LogP contribution in [0.25, 0.3) is 39.5 Å². The predicted molar refractivity (Wildman–Crippen MR) is 170 cm³/mol. The molecule has 1 fully saturated rings. The van der Waals surface area contributed by atoms with Gasteiger partial charge in [0, 0.05) is 55.6 Å². The zero-order valence-electron chi connectivity index (χ0n) is 23.7. The molecule has 0 bridgehead atoms. The van der Waals surface area contributed by atoms with E-state index in [0.717, 1.165) is 58.9 Å². The Morgan fingerprint density at radius 2 is 1.70 bits per heavy atom. The molecular weight excluding hydrogens is 570 g/mol. The molecule has 216 valence electrons. The monoisotopic (exact) mass is 597 g/mol. The van der Waals surface area contributed by atoms with Crippen LogP contribution < -0.4 is 5.73 Å². The fraction of sp³-hybridized carbons (Fsp3) is 0.152. The summed E-state index contributed by atoms with van der Waals surface area (Å²) in [4.78, 5) is 35.4. The number of nitriles is 1. The number of carbonyl (C=O) groups is 1. The molecule has 1 saturated heterocycles. The highest BCUT2D eigenvalue weighted by molar-refractivity contribution is 7.10. The molecule has 44 heavy (non-hydrogen) atoms. The molecule has 1 amide bonds. The van der Waals surface area contributed by atoms with Crippen molar-refractivity contribution >= 4 is 34.2 Å². The topological polar surface area (TPSA) is 130 Å². The van der Waals surface area contributed by atoms with Gasteiger partial charge in [0.1, 0.15) is 23.1 Å². The average Bonchev–Trinajstić information content (AvgIpc) is 3.71. The summed E-state index contributed by atoms with van der Waals surface area (Å²) in [5.74, 6) is 0.967. The first-order valence-electron chi connectivity index (χ1n) is 14.2. The second kappa shape index (κ2) is 11.7. The standard InChI is InChI=1S/C33H27N9OS/c34-19-29-37-28(21-44-29)33(43)41-17-15-40(16-18-41)20-22-8-10-24(11-9-22)42-31(25-7-4-14-36-30(25)35)39-27-13-12-26(38-32(27)42)23-5-2-1-3-6-23/h1-14,21H,15-18,20H2,(H2,35,36). The van der Waals surface area contributed by atoms with Gasteiger partial charge in [0.15, 0.2) is 16.5 Å². The summed E-state index contributed by atoms with van der Waals surface area (Å²) in [7, 11) is 0. The third-order valence-corrected chi connectivity index (χ3v) is 8.48. The van der Waals surface area contributed by atoms with Gasteiger partial charge in [-0.2, -0.15) is 5.26 Å². The van der Waals surface area contributed by atoms with E-state index in [4.69, 9.17) is 21.0 Å². The van der Waals surface area contributed by atoms with Crippen LogP contribution >= 0.6 is 11.3 Å². The van der Waals surface area contributed by atoms with Gasteiger partial charge >= 0.3 is 0 Å². The number of rotatable bonds is 6. The summed E-state index contributed by atoms with van der Waals surface area (Å²) in [5.41, 5.74) is 12.9. The first kappa shape index (κ1) is 27.4. The minimum atomic E-state index is -0.117. The number of anilines is 1. The van der Waals surface area contributed by atoms with Crippen molar-refractivity contribution in [3.05, 3.63) is 107 Å². The van der Waals surface area contributed by atoms with Crippen molar-refractivity contribution in [3.63, 3.8) is 0 Å². The number of benzene rings is 2. The number of nitrogen functional groups attached to an aromatic ring is 1. The lowest BCUT2D eigenvalue weighted by atomic mass is 10.1. The summed E-state index contributed by atoms with van der Waals surface area (Å²) in [5, 5.41) is 11.0. The van der Waals surface area contributed by atoms with E-state index in [1.54, 1.807) is 11.6 Å². The fourth-order valence-corrected chi connectivity index (χ4v) is 6.04. The van der Waals surface area contributed by atoms with Crippen molar-refractivity contribution in [2.45, 2.75) is 6.54 Å². The Morgan fingerprint density at radius 3 is 2.43 bits per heavy atom. The number of aromatic nitrogens is 5. The van der Waals surface area contributed by atoms with Crippen molar-refractivity contribution < 1.29 is 4.79 Å². The Morgan fingerprint density at radius 1 is 0.909 bits per heavy atom. The Balaban J connectivity index is 1.14. The van der Waals surface area contributed by atoms with E-state index < -0.39 is 0 Å². The predicted octanol–water partition coefficient (Wildman–Crippen LogP) is 5.02. The highest BCUT2D eigenvalue weighted by Crippen LogP contribution is 2.32. The normalized spacial score (nSPS) is 13.7. The molecule has 1 aliphatic heterocycles. The van der Waals surface area contributed by atoms with Gasteiger partial charge in [-0.1, -0.05) is 42.5 Å². The van der Waals surface area contributed by atoms with Gasteiger partial charge in [0.05, 0.1) is 11.3 Å². The lowest BCUT2D eigenvalue weighted by Gasteiger charge is -2.34. The number of pyridine rings is 2. The van der Waals surface area contributed by atoms with Crippen molar-refractivity contribution in [3.8, 4) is 34.4 Å². The van der Waals surface area contributed by atoms with Crippen LogP contribution in [0.1, 0.15) is 21.1 Å². The molecule has 5 heterocycles. The number of piperazine rings is 1. The quantitative estimate of drug-likeness (QED) is 0.283. The molecule has 0 atom stereocenters. The fourth-order valence-electron chi connectivity index (χ4n) is 5.46. The lowest BCUT2D eigenvalue weighted by Crippen LogP contribution is -2.48. The first-order valence-corrected chi connectivity index (χ1v) is 15.1. The van der Waals surface area contributed by atoms with Crippen molar-refractivity contribution in [1.29, 1.82) is 5.26 Å². The molecule has 0 radical (unpaired) electrons. The summed E-state index contributed by atoms with van der Waals surface area (Å²) in [6, 6.07) is 28.2. The van der Waals surface area contributed by atoms with Gasteiger partial charge in [-0.15, -0.1) is 11.3 Å². The van der Waals surface area contributed by atoms with E-state index in [9.17, 15) is 4.79 Å². The molecule has 2 N–H and O–H groups in total. The molecule has 10 nitrogen and oxygen atoms in total. The van der Waals surface area contributed by atoms with Crippen LogP contribution in [-0.4, -0.2) is 66.4 Å². The zero-order valence-corrected chi connectivity index (χ0v) is 24.5. The minimum absolute atomic E-state index is 0.117. The molecule has 6 aromatic rings. The van der Waals surface area contributed by atoms with Crippen LogP contribution in [0.3, 0.4) is 0 Å². The summed E-state index contributed by atoms with van der Waals surface area (Å²) in [6.45, 7) is 3.50. The molecule has 1 aliphatic rings. The van der Waals surface area contributed by atoms with Crippen LogP contribution in [0.4, 0.5) is 5.82 Å². The molecule has 0 unspecified atom stereocenters. The van der Waals surface area contributed by atoms with Crippen molar-refractivity contribution in [1.82, 2.24) is 34.3 Å². The largest absolute Gasteiger partial charge is 0.383 e. The zero-order chi connectivity index (χ0) is 30.0. The van der Waals surface area contributed by atoms with Crippen molar-refractivity contribution in [2.24, 2.45) is 0 Å². The molecule has 4 aromatic heterocycles. The maximum absolute atomic E-state index is 12.8. The van der Waals surface area contributed by atoms with Crippen LogP contribution in [0.15, 0.2) is 90.4 Å². The maximum atomic E-state index is 12.8. The average molecular weight is 598 g/mol. The van der Waals surface area contributed by atoms with E-state index in [2.05, 4.69) is 39.1 Å². The molecule has 2 aromatic carbocycles. The molecular formula is C33H27N9OS.